The smallest absolute Gasteiger partial charge is 0.313 e. The average Bonchev–Trinajstić information content (AvgIpc) is 2.99. The molecule has 2 unspecified atom stereocenters. The van der Waals surface area contributed by atoms with E-state index < -0.39 is 5.92 Å². The van der Waals surface area contributed by atoms with Crippen molar-refractivity contribution in [3.8, 4) is 0 Å². The van der Waals surface area contributed by atoms with Crippen LogP contribution in [0, 0.1) is 5.92 Å². The van der Waals surface area contributed by atoms with Crippen molar-refractivity contribution in [2.75, 3.05) is 6.61 Å². The highest BCUT2D eigenvalue weighted by atomic mass is 16.5. The molecule has 0 bridgehead atoms. The first-order valence-corrected chi connectivity index (χ1v) is 8.63. The first-order chi connectivity index (χ1) is 12.0. The summed E-state index contributed by atoms with van der Waals surface area (Å²) in [5.41, 5.74) is 2.02. The second-order valence-electron chi connectivity index (χ2n) is 6.39. The molecule has 1 heterocycles. The molecule has 1 aliphatic rings. The average molecular weight is 338 g/mol. The summed E-state index contributed by atoms with van der Waals surface area (Å²) in [5.74, 6) is 0.232. The van der Waals surface area contributed by atoms with E-state index in [1.807, 2.05) is 24.3 Å². The molecule has 4 nitrogen and oxygen atoms in total. The molecule has 0 saturated carbocycles. The van der Waals surface area contributed by atoms with Gasteiger partial charge in [0.1, 0.15) is 5.76 Å². The van der Waals surface area contributed by atoms with Gasteiger partial charge in [0.15, 0.2) is 5.76 Å². The molecule has 0 radical (unpaired) electrons. The Kier molecular flexibility index (Phi) is 4.88. The van der Waals surface area contributed by atoms with Gasteiger partial charge in [-0.1, -0.05) is 49.4 Å². The van der Waals surface area contributed by atoms with E-state index in [4.69, 9.17) is 9.15 Å². The SMILES string of the molecule is CCOC(=O)C(C)c1c(C(=O)c2ccccc2)oc2c1C=CC(C)C2. The van der Waals surface area contributed by atoms with Crippen LogP contribution < -0.4 is 0 Å². The van der Waals surface area contributed by atoms with Crippen LogP contribution in [0.3, 0.4) is 0 Å². The van der Waals surface area contributed by atoms with Gasteiger partial charge in [-0.05, 0) is 19.8 Å². The highest BCUT2D eigenvalue weighted by Crippen LogP contribution is 2.36. The Morgan fingerprint density at radius 3 is 2.68 bits per heavy atom. The van der Waals surface area contributed by atoms with E-state index >= 15 is 0 Å². The third-order valence-corrected chi connectivity index (χ3v) is 4.47. The Balaban J connectivity index is 2.10. The molecule has 0 saturated heterocycles. The zero-order chi connectivity index (χ0) is 18.0. The second kappa shape index (κ2) is 7.09. The van der Waals surface area contributed by atoms with Gasteiger partial charge in [0.25, 0.3) is 0 Å². The highest BCUT2D eigenvalue weighted by molar-refractivity contribution is 6.09. The van der Waals surface area contributed by atoms with Crippen molar-refractivity contribution in [3.63, 3.8) is 0 Å². The van der Waals surface area contributed by atoms with Gasteiger partial charge in [0.05, 0.1) is 12.5 Å². The Morgan fingerprint density at radius 2 is 2.00 bits per heavy atom. The topological polar surface area (TPSA) is 56.5 Å². The summed E-state index contributed by atoms with van der Waals surface area (Å²) in [6, 6.07) is 8.98. The Hall–Kier alpha value is -2.62. The molecule has 130 valence electrons. The summed E-state index contributed by atoms with van der Waals surface area (Å²) >= 11 is 0. The number of benzene rings is 1. The first kappa shape index (κ1) is 17.2. The summed E-state index contributed by atoms with van der Waals surface area (Å²) < 4.78 is 11.1. The Bertz CT molecular complexity index is 814. The summed E-state index contributed by atoms with van der Waals surface area (Å²) in [4.78, 5) is 25.3. The molecule has 0 aliphatic heterocycles. The van der Waals surface area contributed by atoms with Gasteiger partial charge in [-0.15, -0.1) is 0 Å². The minimum Gasteiger partial charge on any atom is -0.466 e. The third-order valence-electron chi connectivity index (χ3n) is 4.47. The molecular formula is C21H22O4. The molecule has 0 spiro atoms. The zero-order valence-corrected chi connectivity index (χ0v) is 14.7. The number of hydrogen-bond acceptors (Lipinski definition) is 4. The molecule has 0 fully saturated rings. The first-order valence-electron chi connectivity index (χ1n) is 8.63. The number of allylic oxidation sites excluding steroid dienone is 1. The van der Waals surface area contributed by atoms with E-state index in [0.29, 0.717) is 23.7 Å². The number of rotatable bonds is 5. The number of esters is 1. The highest BCUT2D eigenvalue weighted by Gasteiger charge is 2.33. The van der Waals surface area contributed by atoms with Crippen LogP contribution >= 0.6 is 0 Å². The summed E-state index contributed by atoms with van der Waals surface area (Å²) in [6.07, 6.45) is 4.76. The summed E-state index contributed by atoms with van der Waals surface area (Å²) in [7, 11) is 0. The fraction of sp³-hybridized carbons (Fsp3) is 0.333. The molecule has 1 aromatic carbocycles. The lowest BCUT2D eigenvalue weighted by atomic mass is 9.88. The van der Waals surface area contributed by atoms with Crippen LogP contribution in [0.2, 0.25) is 0 Å². The van der Waals surface area contributed by atoms with Crippen LogP contribution in [0.4, 0.5) is 0 Å². The van der Waals surface area contributed by atoms with Crippen molar-refractivity contribution in [1.29, 1.82) is 0 Å². The molecule has 0 N–H and O–H groups in total. The number of fused-ring (bicyclic) bond motifs is 1. The Labute approximate surface area is 147 Å². The molecule has 4 heteroatoms. The van der Waals surface area contributed by atoms with Gasteiger partial charge >= 0.3 is 5.97 Å². The van der Waals surface area contributed by atoms with E-state index in [1.165, 1.54) is 0 Å². The van der Waals surface area contributed by atoms with Gasteiger partial charge < -0.3 is 9.15 Å². The van der Waals surface area contributed by atoms with E-state index in [-0.39, 0.29) is 17.5 Å². The van der Waals surface area contributed by atoms with Crippen molar-refractivity contribution in [2.45, 2.75) is 33.1 Å². The lowest BCUT2D eigenvalue weighted by Gasteiger charge is -2.14. The van der Waals surface area contributed by atoms with Crippen LogP contribution in [-0.2, 0) is 16.0 Å². The minimum atomic E-state index is -0.562. The van der Waals surface area contributed by atoms with Gasteiger partial charge in [0.2, 0.25) is 5.78 Å². The van der Waals surface area contributed by atoms with Crippen molar-refractivity contribution in [2.24, 2.45) is 5.92 Å². The lowest BCUT2D eigenvalue weighted by molar-refractivity contribution is -0.144. The number of ether oxygens (including phenoxy) is 1. The molecule has 25 heavy (non-hydrogen) atoms. The largest absolute Gasteiger partial charge is 0.466 e. The number of hydrogen-bond donors (Lipinski definition) is 0. The third kappa shape index (κ3) is 3.29. The van der Waals surface area contributed by atoms with Gasteiger partial charge in [-0.3, -0.25) is 9.59 Å². The zero-order valence-electron chi connectivity index (χ0n) is 14.7. The van der Waals surface area contributed by atoms with Crippen molar-refractivity contribution < 1.29 is 18.7 Å². The standard InChI is InChI=1S/C21H22O4/c1-4-24-21(23)14(3)18-16-11-10-13(2)12-17(16)25-20(18)19(22)15-8-6-5-7-9-15/h5-11,13-14H,4,12H2,1-3H3. The molecule has 1 aromatic heterocycles. The van der Waals surface area contributed by atoms with Crippen LogP contribution in [0.1, 0.15) is 59.7 Å². The molecule has 0 amide bonds. The normalized spacial score (nSPS) is 17.0. The Morgan fingerprint density at radius 1 is 1.28 bits per heavy atom. The van der Waals surface area contributed by atoms with Crippen molar-refractivity contribution >= 4 is 17.8 Å². The maximum absolute atomic E-state index is 13.0. The molecule has 2 aromatic rings. The van der Waals surface area contributed by atoms with E-state index in [2.05, 4.69) is 13.0 Å². The second-order valence-corrected chi connectivity index (χ2v) is 6.39. The lowest BCUT2D eigenvalue weighted by Crippen LogP contribution is -2.16. The van der Waals surface area contributed by atoms with Crippen molar-refractivity contribution in [3.05, 3.63) is 64.6 Å². The number of carbonyl (C=O) groups is 2. The minimum absolute atomic E-state index is 0.206. The molecule has 2 atom stereocenters. The van der Waals surface area contributed by atoms with Gasteiger partial charge in [0, 0.05) is 23.1 Å². The van der Waals surface area contributed by atoms with Crippen LogP contribution in [0.15, 0.2) is 40.8 Å². The van der Waals surface area contributed by atoms with Crippen LogP contribution in [0.25, 0.3) is 6.08 Å². The maximum atomic E-state index is 13.0. The van der Waals surface area contributed by atoms with E-state index in [0.717, 1.165) is 17.7 Å². The van der Waals surface area contributed by atoms with Crippen LogP contribution in [0.5, 0.6) is 0 Å². The molecule has 1 aliphatic carbocycles. The monoisotopic (exact) mass is 338 g/mol. The predicted molar refractivity (Wildman–Crippen MR) is 95.5 cm³/mol. The van der Waals surface area contributed by atoms with Gasteiger partial charge in [-0.2, -0.15) is 0 Å². The number of ketones is 1. The molecule has 3 rings (SSSR count). The quantitative estimate of drug-likeness (QED) is 0.599. The van der Waals surface area contributed by atoms with Crippen molar-refractivity contribution in [1.82, 2.24) is 0 Å². The number of carbonyl (C=O) groups excluding carboxylic acids is 2. The van der Waals surface area contributed by atoms with Crippen LogP contribution in [-0.4, -0.2) is 18.4 Å². The summed E-state index contributed by atoms with van der Waals surface area (Å²) in [6.45, 7) is 5.93. The fourth-order valence-corrected chi connectivity index (χ4v) is 3.17. The van der Waals surface area contributed by atoms with Gasteiger partial charge in [-0.25, -0.2) is 0 Å². The van der Waals surface area contributed by atoms with E-state index in [1.54, 1.807) is 26.0 Å². The maximum Gasteiger partial charge on any atom is 0.313 e. The summed E-state index contributed by atoms with van der Waals surface area (Å²) in [5, 5.41) is 0. The number of furan rings is 1. The molecular weight excluding hydrogens is 316 g/mol. The van der Waals surface area contributed by atoms with E-state index in [9.17, 15) is 9.59 Å². The predicted octanol–water partition coefficient (Wildman–Crippen LogP) is 4.38. The fourth-order valence-electron chi connectivity index (χ4n) is 3.17.